The van der Waals surface area contributed by atoms with Crippen LogP contribution in [0.2, 0.25) is 0 Å². The second-order valence-corrected chi connectivity index (χ2v) is 6.89. The molecular weight excluding hydrogens is 258 g/mol. The number of hydrogen-bond acceptors (Lipinski definition) is 3. The highest BCUT2D eigenvalue weighted by molar-refractivity contribution is 5.44. The molecule has 2 fully saturated rings. The number of piperidine rings is 1. The van der Waals surface area contributed by atoms with Crippen molar-refractivity contribution in [3.05, 3.63) is 23.4 Å². The monoisotopic (exact) mass is 287 g/mol. The summed E-state index contributed by atoms with van der Waals surface area (Å²) in [6, 6.07) is 5.95. The van der Waals surface area contributed by atoms with Crippen LogP contribution in [0.5, 0.6) is 0 Å². The maximum absolute atomic E-state index is 4.90. The van der Waals surface area contributed by atoms with Crippen LogP contribution >= 0.6 is 0 Å². The summed E-state index contributed by atoms with van der Waals surface area (Å²) in [5, 5.41) is 3.63. The molecule has 0 bridgehead atoms. The molecule has 1 aromatic heterocycles. The Labute approximate surface area is 129 Å². The minimum Gasteiger partial charge on any atom is -0.354 e. The summed E-state index contributed by atoms with van der Waals surface area (Å²) in [4.78, 5) is 7.42. The Balaban J connectivity index is 1.80. The number of aromatic nitrogens is 1. The van der Waals surface area contributed by atoms with Crippen LogP contribution in [0.25, 0.3) is 0 Å². The Kier molecular flexibility index (Phi) is 4.48. The van der Waals surface area contributed by atoms with Crippen LogP contribution in [-0.4, -0.2) is 23.6 Å². The molecule has 0 radical (unpaired) electrons. The van der Waals surface area contributed by atoms with Gasteiger partial charge in [0, 0.05) is 30.9 Å². The molecule has 3 heteroatoms. The van der Waals surface area contributed by atoms with Crippen molar-refractivity contribution in [1.29, 1.82) is 0 Å². The average Bonchev–Trinajstić information content (AvgIpc) is 3.32. The molecule has 1 saturated heterocycles. The smallest absolute Gasteiger partial charge is 0.129 e. The quantitative estimate of drug-likeness (QED) is 0.898. The van der Waals surface area contributed by atoms with Crippen LogP contribution in [0, 0.1) is 5.92 Å². The average molecular weight is 287 g/mol. The van der Waals surface area contributed by atoms with E-state index < -0.39 is 0 Å². The zero-order valence-electron chi connectivity index (χ0n) is 13.7. The molecule has 1 aromatic rings. The first-order chi connectivity index (χ1) is 10.2. The lowest BCUT2D eigenvalue weighted by Crippen LogP contribution is -2.43. The summed E-state index contributed by atoms with van der Waals surface area (Å²) in [5.41, 5.74) is 2.62. The normalized spacial score (nSPS) is 26.1. The maximum Gasteiger partial charge on any atom is 0.129 e. The van der Waals surface area contributed by atoms with E-state index in [1.165, 1.54) is 42.8 Å². The van der Waals surface area contributed by atoms with Gasteiger partial charge in [-0.3, -0.25) is 0 Å². The number of rotatable bonds is 5. The molecule has 3 rings (SSSR count). The predicted molar refractivity (Wildman–Crippen MR) is 88.7 cm³/mol. The Bertz CT molecular complexity index is 481. The number of hydrogen-bond donors (Lipinski definition) is 1. The molecule has 1 N–H and O–H groups in total. The Morgan fingerprint density at radius 2 is 2.05 bits per heavy atom. The first kappa shape index (κ1) is 14.8. The van der Waals surface area contributed by atoms with Crippen molar-refractivity contribution in [2.45, 2.75) is 71.5 Å². The topological polar surface area (TPSA) is 28.2 Å². The molecule has 2 atom stereocenters. The highest BCUT2D eigenvalue weighted by atomic mass is 15.2. The summed E-state index contributed by atoms with van der Waals surface area (Å²) >= 11 is 0. The lowest BCUT2D eigenvalue weighted by Gasteiger charge is -2.39. The van der Waals surface area contributed by atoms with Gasteiger partial charge in [-0.25, -0.2) is 4.98 Å². The van der Waals surface area contributed by atoms with Crippen molar-refractivity contribution in [3.63, 3.8) is 0 Å². The molecule has 1 aliphatic heterocycles. The molecule has 0 spiro atoms. The lowest BCUT2D eigenvalue weighted by atomic mass is 9.92. The predicted octanol–water partition coefficient (Wildman–Crippen LogP) is 3.52. The van der Waals surface area contributed by atoms with Crippen LogP contribution < -0.4 is 10.2 Å². The molecule has 0 aromatic carbocycles. The van der Waals surface area contributed by atoms with Gasteiger partial charge in [0.2, 0.25) is 0 Å². The second-order valence-electron chi connectivity index (χ2n) is 6.89. The largest absolute Gasteiger partial charge is 0.354 e. The molecular formula is C18H29N3. The third-order valence-corrected chi connectivity index (χ3v) is 5.13. The maximum atomic E-state index is 4.90. The molecule has 1 saturated carbocycles. The van der Waals surface area contributed by atoms with Gasteiger partial charge in [-0.2, -0.15) is 0 Å². The highest BCUT2D eigenvalue weighted by Gasteiger charge is 2.26. The third kappa shape index (κ3) is 3.57. The molecule has 2 heterocycles. The van der Waals surface area contributed by atoms with Gasteiger partial charge in [0.15, 0.2) is 0 Å². The summed E-state index contributed by atoms with van der Waals surface area (Å²) < 4.78 is 0. The van der Waals surface area contributed by atoms with Crippen LogP contribution in [0.1, 0.15) is 57.7 Å². The van der Waals surface area contributed by atoms with Crippen molar-refractivity contribution in [2.24, 2.45) is 5.92 Å². The molecule has 3 nitrogen and oxygen atoms in total. The van der Waals surface area contributed by atoms with Gasteiger partial charge < -0.3 is 10.2 Å². The van der Waals surface area contributed by atoms with Gasteiger partial charge in [-0.05, 0) is 62.6 Å². The van der Waals surface area contributed by atoms with Gasteiger partial charge in [0.1, 0.15) is 5.82 Å². The summed E-state index contributed by atoms with van der Waals surface area (Å²) in [6.45, 7) is 9.07. The highest BCUT2D eigenvalue weighted by Crippen LogP contribution is 2.28. The second kappa shape index (κ2) is 6.35. The number of anilines is 1. The van der Waals surface area contributed by atoms with E-state index in [0.717, 1.165) is 31.5 Å². The SMILES string of the molecule is CCc1cc(CNC2CC2)cc(N2CCCC(C)C2C)n1. The van der Waals surface area contributed by atoms with E-state index in [-0.39, 0.29) is 0 Å². The molecule has 2 aliphatic rings. The lowest BCUT2D eigenvalue weighted by molar-refractivity contribution is 0.361. The van der Waals surface area contributed by atoms with E-state index in [0.29, 0.717) is 6.04 Å². The Morgan fingerprint density at radius 1 is 1.24 bits per heavy atom. The van der Waals surface area contributed by atoms with Crippen molar-refractivity contribution < 1.29 is 0 Å². The molecule has 21 heavy (non-hydrogen) atoms. The number of nitrogens with one attached hydrogen (secondary N) is 1. The fraction of sp³-hybridized carbons (Fsp3) is 0.722. The van der Waals surface area contributed by atoms with Crippen LogP contribution in [-0.2, 0) is 13.0 Å². The van der Waals surface area contributed by atoms with E-state index in [1.807, 2.05) is 0 Å². The minimum atomic E-state index is 0.600. The molecule has 2 unspecified atom stereocenters. The van der Waals surface area contributed by atoms with Crippen molar-refractivity contribution in [1.82, 2.24) is 10.3 Å². The fourth-order valence-corrected chi connectivity index (χ4v) is 3.27. The van der Waals surface area contributed by atoms with Crippen LogP contribution in [0.4, 0.5) is 5.82 Å². The first-order valence-electron chi connectivity index (χ1n) is 8.67. The Hall–Kier alpha value is -1.09. The van der Waals surface area contributed by atoms with E-state index in [4.69, 9.17) is 4.98 Å². The summed E-state index contributed by atoms with van der Waals surface area (Å²) in [6.07, 6.45) is 6.35. The molecule has 116 valence electrons. The van der Waals surface area contributed by atoms with Gasteiger partial charge in [0.25, 0.3) is 0 Å². The van der Waals surface area contributed by atoms with E-state index in [1.54, 1.807) is 0 Å². The summed E-state index contributed by atoms with van der Waals surface area (Å²) in [5.74, 6) is 1.96. The number of aryl methyl sites for hydroxylation is 1. The zero-order chi connectivity index (χ0) is 14.8. The molecule has 0 amide bonds. The van der Waals surface area contributed by atoms with Crippen molar-refractivity contribution in [3.8, 4) is 0 Å². The van der Waals surface area contributed by atoms with Gasteiger partial charge in [-0.15, -0.1) is 0 Å². The standard InChI is InChI=1S/C18H29N3/c1-4-16-10-15(12-19-17-7-8-17)11-18(20-16)21-9-5-6-13(2)14(21)3/h10-11,13-14,17,19H,4-9,12H2,1-3H3. The zero-order valence-corrected chi connectivity index (χ0v) is 13.7. The van der Waals surface area contributed by atoms with E-state index >= 15 is 0 Å². The minimum absolute atomic E-state index is 0.600. The van der Waals surface area contributed by atoms with E-state index in [9.17, 15) is 0 Å². The third-order valence-electron chi connectivity index (χ3n) is 5.13. The van der Waals surface area contributed by atoms with Crippen molar-refractivity contribution in [2.75, 3.05) is 11.4 Å². The van der Waals surface area contributed by atoms with Gasteiger partial charge in [0.05, 0.1) is 0 Å². The first-order valence-corrected chi connectivity index (χ1v) is 8.67. The number of pyridine rings is 1. The van der Waals surface area contributed by atoms with Gasteiger partial charge >= 0.3 is 0 Å². The Morgan fingerprint density at radius 3 is 2.76 bits per heavy atom. The van der Waals surface area contributed by atoms with Crippen LogP contribution in [0.15, 0.2) is 12.1 Å². The fourth-order valence-electron chi connectivity index (χ4n) is 3.27. The van der Waals surface area contributed by atoms with Crippen molar-refractivity contribution >= 4 is 5.82 Å². The molecule has 1 aliphatic carbocycles. The van der Waals surface area contributed by atoms with Gasteiger partial charge in [-0.1, -0.05) is 13.8 Å². The van der Waals surface area contributed by atoms with Crippen LogP contribution in [0.3, 0.4) is 0 Å². The summed E-state index contributed by atoms with van der Waals surface area (Å²) in [7, 11) is 0. The van der Waals surface area contributed by atoms with E-state index in [2.05, 4.69) is 43.1 Å². The number of nitrogens with zero attached hydrogens (tertiary/aromatic N) is 2.